The molecule has 0 aromatic carbocycles. The van der Waals surface area contributed by atoms with Crippen molar-refractivity contribution in [2.24, 2.45) is 5.73 Å². The van der Waals surface area contributed by atoms with Crippen LogP contribution in [0.25, 0.3) is 0 Å². The highest BCUT2D eigenvalue weighted by molar-refractivity contribution is 5.95. The van der Waals surface area contributed by atoms with Crippen molar-refractivity contribution in [3.63, 3.8) is 0 Å². The molecule has 5 heteroatoms. The molecule has 1 unspecified atom stereocenters. The molecule has 0 radical (unpaired) electrons. The Bertz CT molecular complexity index is 365. The first-order valence-corrected chi connectivity index (χ1v) is 4.99. The van der Waals surface area contributed by atoms with Crippen molar-refractivity contribution in [1.29, 1.82) is 0 Å². The van der Waals surface area contributed by atoms with Gasteiger partial charge in [0.25, 0.3) is 0 Å². The molecule has 1 amide bonds. The van der Waals surface area contributed by atoms with E-state index in [0.29, 0.717) is 18.4 Å². The maximum atomic E-state index is 11.6. The minimum atomic E-state index is -0.816. The van der Waals surface area contributed by atoms with Crippen LogP contribution in [0.2, 0.25) is 0 Å². The standard InChI is InChI=1S/C11H14N2O3/c1-8(16-11(12)15)2-3-10(14)9-4-6-13-7-5-9/h4-8H,2-3H2,1H3,(H2,12,15). The summed E-state index contributed by atoms with van der Waals surface area (Å²) in [5, 5.41) is 0. The highest BCUT2D eigenvalue weighted by atomic mass is 16.6. The average molecular weight is 222 g/mol. The third-order valence-electron chi connectivity index (χ3n) is 2.10. The van der Waals surface area contributed by atoms with E-state index < -0.39 is 6.09 Å². The Morgan fingerprint density at radius 1 is 1.44 bits per heavy atom. The van der Waals surface area contributed by atoms with Crippen molar-refractivity contribution in [3.05, 3.63) is 30.1 Å². The lowest BCUT2D eigenvalue weighted by molar-refractivity contribution is 0.0898. The molecule has 1 aromatic heterocycles. The quantitative estimate of drug-likeness (QED) is 0.766. The summed E-state index contributed by atoms with van der Waals surface area (Å²) in [5.41, 5.74) is 5.47. The Morgan fingerprint density at radius 3 is 2.62 bits per heavy atom. The number of ether oxygens (including phenoxy) is 1. The van der Waals surface area contributed by atoms with Gasteiger partial charge in [0, 0.05) is 24.4 Å². The lowest BCUT2D eigenvalue weighted by Crippen LogP contribution is -2.21. The molecule has 86 valence electrons. The molecule has 0 saturated carbocycles. The first-order valence-electron chi connectivity index (χ1n) is 4.99. The van der Waals surface area contributed by atoms with Crippen LogP contribution in [0.3, 0.4) is 0 Å². The van der Waals surface area contributed by atoms with Crippen LogP contribution >= 0.6 is 0 Å². The summed E-state index contributed by atoms with van der Waals surface area (Å²) in [6.45, 7) is 1.70. The number of primary amides is 1. The zero-order valence-electron chi connectivity index (χ0n) is 9.05. The zero-order valence-corrected chi connectivity index (χ0v) is 9.05. The number of hydrogen-bond donors (Lipinski definition) is 1. The van der Waals surface area contributed by atoms with Gasteiger partial charge in [-0.3, -0.25) is 9.78 Å². The van der Waals surface area contributed by atoms with E-state index in [1.807, 2.05) is 0 Å². The van der Waals surface area contributed by atoms with Crippen molar-refractivity contribution in [3.8, 4) is 0 Å². The van der Waals surface area contributed by atoms with E-state index >= 15 is 0 Å². The molecule has 0 saturated heterocycles. The van der Waals surface area contributed by atoms with Crippen LogP contribution in [0.15, 0.2) is 24.5 Å². The second-order valence-corrected chi connectivity index (χ2v) is 3.45. The van der Waals surface area contributed by atoms with E-state index in [1.54, 1.807) is 31.5 Å². The average Bonchev–Trinajstić information content (AvgIpc) is 2.26. The highest BCUT2D eigenvalue weighted by Crippen LogP contribution is 2.07. The number of hydrogen-bond acceptors (Lipinski definition) is 4. The van der Waals surface area contributed by atoms with E-state index in [-0.39, 0.29) is 11.9 Å². The van der Waals surface area contributed by atoms with Gasteiger partial charge in [0.05, 0.1) is 0 Å². The topological polar surface area (TPSA) is 82.3 Å². The number of amides is 1. The van der Waals surface area contributed by atoms with Gasteiger partial charge in [0.1, 0.15) is 6.10 Å². The van der Waals surface area contributed by atoms with Gasteiger partial charge in [-0.05, 0) is 25.5 Å². The molecule has 5 nitrogen and oxygen atoms in total. The van der Waals surface area contributed by atoms with Crippen LogP contribution in [0.4, 0.5) is 4.79 Å². The van der Waals surface area contributed by atoms with Crippen molar-refractivity contribution in [2.45, 2.75) is 25.9 Å². The summed E-state index contributed by atoms with van der Waals surface area (Å²) in [5.74, 6) is 0.00215. The van der Waals surface area contributed by atoms with Crippen LogP contribution in [-0.2, 0) is 4.74 Å². The van der Waals surface area contributed by atoms with E-state index in [0.717, 1.165) is 0 Å². The number of rotatable bonds is 5. The predicted octanol–water partition coefficient (Wildman–Crippen LogP) is 1.53. The van der Waals surface area contributed by atoms with Gasteiger partial charge in [0.2, 0.25) is 0 Å². The molecule has 0 bridgehead atoms. The lowest BCUT2D eigenvalue weighted by Gasteiger charge is -2.10. The molecule has 1 rings (SSSR count). The van der Waals surface area contributed by atoms with Crippen molar-refractivity contribution >= 4 is 11.9 Å². The van der Waals surface area contributed by atoms with Gasteiger partial charge in [-0.1, -0.05) is 0 Å². The molecule has 0 aliphatic rings. The normalized spacial score (nSPS) is 11.8. The Hall–Kier alpha value is -1.91. The van der Waals surface area contributed by atoms with E-state index in [9.17, 15) is 9.59 Å². The predicted molar refractivity (Wildman–Crippen MR) is 57.9 cm³/mol. The van der Waals surface area contributed by atoms with Gasteiger partial charge in [-0.15, -0.1) is 0 Å². The summed E-state index contributed by atoms with van der Waals surface area (Å²) in [7, 11) is 0. The molecular formula is C11H14N2O3. The van der Waals surface area contributed by atoms with Gasteiger partial charge in [0.15, 0.2) is 5.78 Å². The van der Waals surface area contributed by atoms with Crippen molar-refractivity contribution in [2.75, 3.05) is 0 Å². The fourth-order valence-electron chi connectivity index (χ4n) is 1.27. The number of carbonyl (C=O) groups is 2. The second kappa shape index (κ2) is 5.85. The van der Waals surface area contributed by atoms with Gasteiger partial charge in [-0.25, -0.2) is 4.79 Å². The number of pyridine rings is 1. The van der Waals surface area contributed by atoms with E-state index in [4.69, 9.17) is 10.5 Å². The van der Waals surface area contributed by atoms with Crippen LogP contribution in [0.1, 0.15) is 30.1 Å². The van der Waals surface area contributed by atoms with Crippen LogP contribution < -0.4 is 5.73 Å². The molecule has 1 atom stereocenters. The minimum Gasteiger partial charge on any atom is -0.447 e. The number of ketones is 1. The Kier molecular flexibility index (Phi) is 4.44. The zero-order chi connectivity index (χ0) is 12.0. The summed E-state index contributed by atoms with van der Waals surface area (Å²) in [6, 6.07) is 3.31. The number of aromatic nitrogens is 1. The fourth-order valence-corrected chi connectivity index (χ4v) is 1.27. The monoisotopic (exact) mass is 222 g/mol. The largest absolute Gasteiger partial charge is 0.447 e. The summed E-state index contributed by atoms with van der Waals surface area (Å²) in [4.78, 5) is 25.9. The highest BCUT2D eigenvalue weighted by Gasteiger charge is 2.10. The number of nitrogens with zero attached hydrogens (tertiary/aromatic N) is 1. The molecule has 2 N–H and O–H groups in total. The number of Topliss-reactive ketones (excluding diaryl/α,β-unsaturated/α-hetero) is 1. The van der Waals surface area contributed by atoms with Gasteiger partial charge < -0.3 is 10.5 Å². The van der Waals surface area contributed by atoms with Crippen LogP contribution in [-0.4, -0.2) is 23.0 Å². The third kappa shape index (κ3) is 4.08. The molecule has 0 fully saturated rings. The minimum absolute atomic E-state index is 0.00215. The fraction of sp³-hybridized carbons (Fsp3) is 0.364. The smallest absolute Gasteiger partial charge is 0.404 e. The van der Waals surface area contributed by atoms with Gasteiger partial charge in [-0.2, -0.15) is 0 Å². The SMILES string of the molecule is CC(CCC(=O)c1ccncc1)OC(N)=O. The first-order chi connectivity index (χ1) is 7.59. The second-order valence-electron chi connectivity index (χ2n) is 3.45. The molecule has 0 aliphatic heterocycles. The molecular weight excluding hydrogens is 208 g/mol. The maximum absolute atomic E-state index is 11.6. The van der Waals surface area contributed by atoms with E-state index in [2.05, 4.69) is 4.98 Å². The molecule has 1 aromatic rings. The maximum Gasteiger partial charge on any atom is 0.404 e. The summed E-state index contributed by atoms with van der Waals surface area (Å²) >= 11 is 0. The van der Waals surface area contributed by atoms with Crippen LogP contribution in [0, 0.1) is 0 Å². The number of carbonyl (C=O) groups excluding carboxylic acids is 2. The Balaban J connectivity index is 2.39. The van der Waals surface area contributed by atoms with E-state index in [1.165, 1.54) is 0 Å². The van der Waals surface area contributed by atoms with Crippen molar-refractivity contribution < 1.29 is 14.3 Å². The van der Waals surface area contributed by atoms with Crippen molar-refractivity contribution in [1.82, 2.24) is 4.98 Å². The lowest BCUT2D eigenvalue weighted by atomic mass is 10.1. The first kappa shape index (κ1) is 12.2. The van der Waals surface area contributed by atoms with Crippen LogP contribution in [0.5, 0.6) is 0 Å². The molecule has 0 spiro atoms. The third-order valence-corrected chi connectivity index (χ3v) is 2.10. The number of nitrogens with two attached hydrogens (primary N) is 1. The Labute approximate surface area is 93.6 Å². The Morgan fingerprint density at radius 2 is 2.06 bits per heavy atom. The molecule has 1 heterocycles. The molecule has 16 heavy (non-hydrogen) atoms. The van der Waals surface area contributed by atoms with Gasteiger partial charge >= 0.3 is 6.09 Å². The summed E-state index contributed by atoms with van der Waals surface area (Å²) in [6.07, 6.45) is 2.75. The summed E-state index contributed by atoms with van der Waals surface area (Å²) < 4.78 is 4.71. The molecule has 0 aliphatic carbocycles.